The summed E-state index contributed by atoms with van der Waals surface area (Å²) < 4.78 is 67.5. The lowest BCUT2D eigenvalue weighted by Crippen LogP contribution is -2.16. The Labute approximate surface area is 318 Å². The van der Waals surface area contributed by atoms with E-state index in [4.69, 9.17) is 56.8 Å². The van der Waals surface area contributed by atoms with Gasteiger partial charge in [0.15, 0.2) is 11.5 Å². The minimum absolute atomic E-state index is 0.0237. The lowest BCUT2D eigenvalue weighted by molar-refractivity contribution is 0.00495. The van der Waals surface area contributed by atoms with Crippen LogP contribution in [0.4, 0.5) is 0 Å². The van der Waals surface area contributed by atoms with Gasteiger partial charge in [-0.25, -0.2) is 4.79 Å². The Morgan fingerprint density at radius 1 is 0.444 bits per heavy atom. The van der Waals surface area contributed by atoms with Crippen molar-refractivity contribution in [3.63, 3.8) is 0 Å². The molecule has 54 heavy (non-hydrogen) atoms. The highest BCUT2D eigenvalue weighted by Gasteiger charge is 2.19. The molecule has 0 saturated carbocycles. The number of ether oxygens (including phenoxy) is 12. The van der Waals surface area contributed by atoms with Gasteiger partial charge in [0, 0.05) is 7.11 Å². The van der Waals surface area contributed by atoms with Crippen LogP contribution in [0.2, 0.25) is 0 Å². The second kappa shape index (κ2) is 30.5. The molecule has 0 bridgehead atoms. The number of methoxy groups -OCH3 is 1. The summed E-state index contributed by atoms with van der Waals surface area (Å²) in [5, 5.41) is 9.80. The monoisotopic (exact) mass is 760 g/mol. The normalized spacial score (nSPS) is 11.1. The van der Waals surface area contributed by atoms with Crippen molar-refractivity contribution in [1.29, 1.82) is 0 Å². The SMILES string of the molecule is COCCOCCOCCOc1c(OCCOCCOCCOCc2ccccc2)cc(C(=O)O)cc1OCCOCCOCCOCc1ccccc1. The minimum Gasteiger partial charge on any atom is -0.487 e. The molecule has 0 atom stereocenters. The maximum Gasteiger partial charge on any atom is 0.335 e. The molecule has 0 unspecified atom stereocenters. The number of carboxylic acids is 1. The molecular weight excluding hydrogens is 704 g/mol. The molecule has 0 spiro atoms. The highest BCUT2D eigenvalue weighted by Crippen LogP contribution is 2.39. The molecule has 0 aliphatic carbocycles. The Hall–Kier alpha value is -3.83. The summed E-state index contributed by atoms with van der Waals surface area (Å²) in [5.41, 5.74) is 2.19. The van der Waals surface area contributed by atoms with Gasteiger partial charge in [-0.1, -0.05) is 60.7 Å². The molecule has 0 aliphatic rings. The predicted octanol–water partition coefficient (Wildman–Crippen LogP) is 4.70. The topological polar surface area (TPSA) is 148 Å². The van der Waals surface area contributed by atoms with E-state index in [1.54, 1.807) is 7.11 Å². The van der Waals surface area contributed by atoms with Gasteiger partial charge in [0.1, 0.15) is 19.8 Å². The molecular formula is C40H56O14. The van der Waals surface area contributed by atoms with Crippen LogP contribution in [0, 0.1) is 0 Å². The Balaban J connectivity index is 1.39. The molecule has 300 valence electrons. The first-order valence-corrected chi connectivity index (χ1v) is 18.2. The third-order valence-corrected chi connectivity index (χ3v) is 7.23. The first-order valence-electron chi connectivity index (χ1n) is 18.2. The van der Waals surface area contributed by atoms with Crippen LogP contribution in [-0.2, 0) is 55.8 Å². The number of aromatic carboxylic acids is 1. The summed E-state index contributed by atoms with van der Waals surface area (Å²) in [6.45, 7) is 7.36. The highest BCUT2D eigenvalue weighted by molar-refractivity contribution is 5.89. The third-order valence-electron chi connectivity index (χ3n) is 7.23. The summed E-state index contributed by atoms with van der Waals surface area (Å²) in [5.74, 6) is -0.494. The van der Waals surface area contributed by atoms with Crippen molar-refractivity contribution in [2.45, 2.75) is 13.2 Å². The van der Waals surface area contributed by atoms with E-state index in [0.29, 0.717) is 92.5 Å². The first kappa shape index (κ1) is 44.6. The Bertz CT molecular complexity index is 1260. The van der Waals surface area contributed by atoms with E-state index < -0.39 is 5.97 Å². The molecule has 0 aromatic heterocycles. The zero-order chi connectivity index (χ0) is 38.2. The Morgan fingerprint density at radius 2 is 0.778 bits per heavy atom. The smallest absolute Gasteiger partial charge is 0.335 e. The number of carbonyl (C=O) groups is 1. The van der Waals surface area contributed by atoms with Crippen LogP contribution in [0.1, 0.15) is 21.5 Å². The van der Waals surface area contributed by atoms with Gasteiger partial charge in [-0.2, -0.15) is 0 Å². The van der Waals surface area contributed by atoms with Crippen molar-refractivity contribution in [3.05, 3.63) is 89.5 Å². The van der Waals surface area contributed by atoms with Gasteiger partial charge >= 0.3 is 5.97 Å². The second-order valence-electron chi connectivity index (χ2n) is 11.4. The van der Waals surface area contributed by atoms with Gasteiger partial charge < -0.3 is 61.9 Å². The minimum atomic E-state index is -1.14. The number of rotatable bonds is 35. The lowest BCUT2D eigenvalue weighted by atomic mass is 10.2. The molecule has 0 radical (unpaired) electrons. The summed E-state index contributed by atoms with van der Waals surface area (Å²) in [6, 6.07) is 22.7. The van der Waals surface area contributed by atoms with Crippen LogP contribution >= 0.6 is 0 Å². The zero-order valence-corrected chi connectivity index (χ0v) is 31.3. The third kappa shape index (κ3) is 21.2. The van der Waals surface area contributed by atoms with Crippen molar-refractivity contribution in [2.75, 3.05) is 126 Å². The molecule has 0 amide bonds. The number of benzene rings is 3. The van der Waals surface area contributed by atoms with Crippen LogP contribution < -0.4 is 14.2 Å². The van der Waals surface area contributed by atoms with E-state index in [-0.39, 0.29) is 62.5 Å². The van der Waals surface area contributed by atoms with E-state index in [1.165, 1.54) is 12.1 Å². The molecule has 0 saturated heterocycles. The van der Waals surface area contributed by atoms with Gasteiger partial charge in [0.25, 0.3) is 0 Å². The molecule has 0 heterocycles. The van der Waals surface area contributed by atoms with Crippen LogP contribution in [0.25, 0.3) is 0 Å². The van der Waals surface area contributed by atoms with Gasteiger partial charge in [0.05, 0.1) is 118 Å². The van der Waals surface area contributed by atoms with Crippen LogP contribution in [0.3, 0.4) is 0 Å². The number of hydrogen-bond donors (Lipinski definition) is 1. The molecule has 3 rings (SSSR count). The van der Waals surface area contributed by atoms with E-state index in [9.17, 15) is 9.90 Å². The van der Waals surface area contributed by atoms with Crippen molar-refractivity contribution in [2.24, 2.45) is 0 Å². The maximum absolute atomic E-state index is 12.0. The largest absolute Gasteiger partial charge is 0.487 e. The fraction of sp³-hybridized carbons (Fsp3) is 0.525. The highest BCUT2D eigenvalue weighted by atomic mass is 16.6. The van der Waals surface area contributed by atoms with E-state index in [0.717, 1.165) is 11.1 Å². The molecule has 0 fully saturated rings. The quantitative estimate of drug-likeness (QED) is 0.0826. The van der Waals surface area contributed by atoms with Gasteiger partial charge in [0.2, 0.25) is 5.75 Å². The zero-order valence-electron chi connectivity index (χ0n) is 31.3. The second-order valence-corrected chi connectivity index (χ2v) is 11.4. The lowest BCUT2D eigenvalue weighted by Gasteiger charge is -2.18. The van der Waals surface area contributed by atoms with E-state index in [2.05, 4.69) is 0 Å². The summed E-state index contributed by atoms with van der Waals surface area (Å²) in [4.78, 5) is 12.0. The predicted molar refractivity (Wildman–Crippen MR) is 199 cm³/mol. The van der Waals surface area contributed by atoms with Crippen molar-refractivity contribution in [1.82, 2.24) is 0 Å². The fourth-order valence-corrected chi connectivity index (χ4v) is 4.55. The molecule has 3 aromatic rings. The first-order chi connectivity index (χ1) is 26.7. The Kier molecular flexibility index (Phi) is 25.2. The van der Waals surface area contributed by atoms with Gasteiger partial charge in [-0.05, 0) is 23.3 Å². The summed E-state index contributed by atoms with van der Waals surface area (Å²) in [6.07, 6.45) is 0. The van der Waals surface area contributed by atoms with Crippen molar-refractivity contribution in [3.8, 4) is 17.2 Å². The molecule has 14 nitrogen and oxygen atoms in total. The van der Waals surface area contributed by atoms with Gasteiger partial charge in [-0.3, -0.25) is 0 Å². The standard InChI is InChI=1S/C40H56O14/c1-43-12-13-44-14-17-49-26-29-54-39-37(52-27-24-47-18-15-45-20-22-50-32-34-8-4-2-5-9-34)30-36(40(41)42)31-38(39)53-28-25-48-19-16-46-21-23-51-33-35-10-6-3-7-11-35/h2-11,30-31H,12-29,32-33H2,1H3,(H,41,42). The van der Waals surface area contributed by atoms with E-state index in [1.807, 2.05) is 60.7 Å². The van der Waals surface area contributed by atoms with Crippen LogP contribution in [0.15, 0.2) is 72.8 Å². The summed E-state index contributed by atoms with van der Waals surface area (Å²) >= 11 is 0. The van der Waals surface area contributed by atoms with Crippen molar-refractivity contribution >= 4 is 5.97 Å². The number of carboxylic acid groups (broad SMARTS) is 1. The molecule has 14 heteroatoms. The average molecular weight is 761 g/mol. The average Bonchev–Trinajstić information content (AvgIpc) is 3.19. The van der Waals surface area contributed by atoms with Crippen molar-refractivity contribution < 1.29 is 66.7 Å². The molecule has 1 N–H and O–H groups in total. The maximum atomic E-state index is 12.0. The van der Waals surface area contributed by atoms with Crippen LogP contribution in [-0.4, -0.2) is 137 Å². The molecule has 0 aliphatic heterocycles. The summed E-state index contributed by atoms with van der Waals surface area (Å²) in [7, 11) is 1.61. The molecule has 3 aromatic carbocycles. The van der Waals surface area contributed by atoms with Gasteiger partial charge in [-0.15, -0.1) is 0 Å². The van der Waals surface area contributed by atoms with E-state index >= 15 is 0 Å². The van der Waals surface area contributed by atoms with Crippen LogP contribution in [0.5, 0.6) is 17.2 Å². The Morgan fingerprint density at radius 3 is 1.15 bits per heavy atom. The number of hydrogen-bond acceptors (Lipinski definition) is 13. The fourth-order valence-electron chi connectivity index (χ4n) is 4.55.